The quantitative estimate of drug-likeness (QED) is 0.691. The molecular weight excluding hydrogens is 390 g/mol. The Hall–Kier alpha value is -2.57. The second kappa shape index (κ2) is 10.8. The van der Waals surface area contributed by atoms with E-state index in [1.54, 1.807) is 12.0 Å². The van der Waals surface area contributed by atoms with Crippen LogP contribution in [0.5, 0.6) is 5.75 Å². The summed E-state index contributed by atoms with van der Waals surface area (Å²) in [5.41, 5.74) is 2.86. The number of carbonyl (C=O) groups excluding carboxylic acids is 2. The number of anilines is 1. The van der Waals surface area contributed by atoms with Crippen molar-refractivity contribution in [2.75, 3.05) is 25.5 Å². The third-order valence-electron chi connectivity index (χ3n) is 4.96. The molecule has 0 aliphatic carbocycles. The fourth-order valence-corrected chi connectivity index (χ4v) is 3.34. The van der Waals surface area contributed by atoms with E-state index in [0.29, 0.717) is 19.6 Å². The number of methoxy groups -OCH3 is 1. The van der Waals surface area contributed by atoms with Crippen LogP contribution < -0.4 is 15.4 Å². The maximum atomic E-state index is 12.7. The largest absolute Gasteiger partial charge is 0.497 e. The van der Waals surface area contributed by atoms with Gasteiger partial charge in [-0.3, -0.25) is 9.59 Å². The Bertz CT molecular complexity index is 826. The first-order chi connectivity index (χ1) is 13.6. The summed E-state index contributed by atoms with van der Waals surface area (Å²) in [5.74, 6) is 0.356. The van der Waals surface area contributed by atoms with E-state index in [1.165, 1.54) is 0 Å². The molecule has 2 aromatic rings. The first-order valence-corrected chi connectivity index (χ1v) is 9.61. The van der Waals surface area contributed by atoms with Crippen LogP contribution in [0.15, 0.2) is 48.5 Å². The number of nitrogens with zero attached hydrogens (tertiary/aromatic N) is 1. The summed E-state index contributed by atoms with van der Waals surface area (Å²) >= 11 is 0. The molecule has 0 bridgehead atoms. The molecule has 6 nitrogen and oxygen atoms in total. The summed E-state index contributed by atoms with van der Waals surface area (Å²) in [6.07, 6.45) is 0.247. The zero-order chi connectivity index (χ0) is 19.9. The number of likely N-dealkylation sites (tertiary alicyclic amines) is 1. The Morgan fingerprint density at radius 2 is 1.90 bits per heavy atom. The van der Waals surface area contributed by atoms with Gasteiger partial charge in [0.1, 0.15) is 5.75 Å². The zero-order valence-electron chi connectivity index (χ0n) is 16.8. The molecular formula is C22H28ClN3O3. The van der Waals surface area contributed by atoms with Gasteiger partial charge in [-0.25, -0.2) is 0 Å². The molecule has 3 rings (SSSR count). The molecule has 2 N–H and O–H groups in total. The third kappa shape index (κ3) is 5.95. The highest BCUT2D eigenvalue weighted by molar-refractivity contribution is 5.97. The SMILES string of the molecule is CCNCc1ccccc1NC(=O)C1CC(=O)N(Cc2ccc(OC)cc2)C1.Cl. The number of carbonyl (C=O) groups is 2. The summed E-state index contributed by atoms with van der Waals surface area (Å²) < 4.78 is 5.16. The van der Waals surface area contributed by atoms with Gasteiger partial charge in [-0.1, -0.05) is 37.3 Å². The third-order valence-corrected chi connectivity index (χ3v) is 4.96. The van der Waals surface area contributed by atoms with Gasteiger partial charge in [0.05, 0.1) is 13.0 Å². The summed E-state index contributed by atoms with van der Waals surface area (Å²) in [7, 11) is 1.62. The minimum Gasteiger partial charge on any atom is -0.497 e. The lowest BCUT2D eigenvalue weighted by Crippen LogP contribution is -2.28. The lowest BCUT2D eigenvalue weighted by atomic mass is 10.1. The van der Waals surface area contributed by atoms with Crippen molar-refractivity contribution in [3.63, 3.8) is 0 Å². The molecule has 1 fully saturated rings. The molecule has 1 aliphatic rings. The molecule has 7 heteroatoms. The smallest absolute Gasteiger partial charge is 0.229 e. The molecule has 29 heavy (non-hydrogen) atoms. The predicted octanol–water partition coefficient (Wildman–Crippen LogP) is 3.21. The van der Waals surface area contributed by atoms with Gasteiger partial charge in [0.25, 0.3) is 0 Å². The van der Waals surface area contributed by atoms with E-state index < -0.39 is 0 Å². The molecule has 0 radical (unpaired) electrons. The fourth-order valence-electron chi connectivity index (χ4n) is 3.34. The predicted molar refractivity (Wildman–Crippen MR) is 116 cm³/mol. The first-order valence-electron chi connectivity index (χ1n) is 9.61. The van der Waals surface area contributed by atoms with Gasteiger partial charge in [0.15, 0.2) is 0 Å². The van der Waals surface area contributed by atoms with Crippen LogP contribution in [-0.2, 0) is 22.7 Å². The second-order valence-electron chi connectivity index (χ2n) is 6.95. The molecule has 0 saturated carbocycles. The van der Waals surface area contributed by atoms with Crippen LogP contribution in [0.2, 0.25) is 0 Å². The number of amides is 2. The standard InChI is InChI=1S/C22H27N3O3.ClH/c1-3-23-13-17-6-4-5-7-20(17)24-22(27)18-12-21(26)25(15-18)14-16-8-10-19(28-2)11-9-16;/h4-11,18,23H,3,12-15H2,1-2H3,(H,24,27);1H. The van der Waals surface area contributed by atoms with E-state index in [-0.39, 0.29) is 36.6 Å². The van der Waals surface area contributed by atoms with E-state index in [2.05, 4.69) is 10.6 Å². The number of para-hydroxylation sites is 1. The molecule has 0 aromatic heterocycles. The van der Waals surface area contributed by atoms with Crippen molar-refractivity contribution in [3.8, 4) is 5.75 Å². The highest BCUT2D eigenvalue weighted by Gasteiger charge is 2.34. The van der Waals surface area contributed by atoms with E-state index in [1.807, 2.05) is 55.5 Å². The molecule has 1 saturated heterocycles. The molecule has 1 unspecified atom stereocenters. The van der Waals surface area contributed by atoms with Gasteiger partial charge in [0, 0.05) is 31.7 Å². The maximum Gasteiger partial charge on any atom is 0.229 e. The van der Waals surface area contributed by atoms with Crippen LogP contribution in [0.4, 0.5) is 5.69 Å². The maximum absolute atomic E-state index is 12.7. The molecule has 1 atom stereocenters. The van der Waals surface area contributed by atoms with Gasteiger partial charge >= 0.3 is 0 Å². The Morgan fingerprint density at radius 1 is 1.17 bits per heavy atom. The number of ether oxygens (including phenoxy) is 1. The average Bonchev–Trinajstić information content (AvgIpc) is 3.08. The van der Waals surface area contributed by atoms with Crippen molar-refractivity contribution in [3.05, 3.63) is 59.7 Å². The van der Waals surface area contributed by atoms with Crippen LogP contribution >= 0.6 is 12.4 Å². The number of halogens is 1. The van der Waals surface area contributed by atoms with Crippen molar-refractivity contribution < 1.29 is 14.3 Å². The van der Waals surface area contributed by atoms with Crippen LogP contribution in [0.1, 0.15) is 24.5 Å². The number of benzene rings is 2. The first kappa shape index (κ1) is 22.7. The zero-order valence-corrected chi connectivity index (χ0v) is 17.6. The van der Waals surface area contributed by atoms with Crippen LogP contribution in [0.25, 0.3) is 0 Å². The summed E-state index contributed by atoms with van der Waals surface area (Å²) in [6.45, 7) is 4.54. The molecule has 2 aromatic carbocycles. The minimum atomic E-state index is -0.335. The monoisotopic (exact) mass is 417 g/mol. The van der Waals surface area contributed by atoms with E-state index in [0.717, 1.165) is 29.1 Å². The Balaban J connectivity index is 0.00000300. The fraction of sp³-hybridized carbons (Fsp3) is 0.364. The van der Waals surface area contributed by atoms with Gasteiger partial charge in [-0.05, 0) is 35.9 Å². The van der Waals surface area contributed by atoms with Gasteiger partial charge in [-0.15, -0.1) is 12.4 Å². The van der Waals surface area contributed by atoms with Crippen LogP contribution in [-0.4, -0.2) is 36.9 Å². The number of hydrogen-bond donors (Lipinski definition) is 2. The van der Waals surface area contributed by atoms with Gasteiger partial charge < -0.3 is 20.3 Å². The van der Waals surface area contributed by atoms with Crippen molar-refractivity contribution in [2.45, 2.75) is 26.4 Å². The molecule has 2 amide bonds. The van der Waals surface area contributed by atoms with Crippen molar-refractivity contribution in [1.29, 1.82) is 0 Å². The Morgan fingerprint density at radius 3 is 2.59 bits per heavy atom. The lowest BCUT2D eigenvalue weighted by Gasteiger charge is -2.17. The normalized spacial score (nSPS) is 15.7. The van der Waals surface area contributed by atoms with E-state index in [4.69, 9.17) is 4.74 Å². The number of rotatable bonds is 8. The molecule has 156 valence electrons. The number of nitrogens with one attached hydrogen (secondary N) is 2. The number of hydrogen-bond acceptors (Lipinski definition) is 4. The molecule has 1 aliphatic heterocycles. The lowest BCUT2D eigenvalue weighted by molar-refractivity contribution is -0.128. The highest BCUT2D eigenvalue weighted by atomic mass is 35.5. The van der Waals surface area contributed by atoms with E-state index >= 15 is 0 Å². The van der Waals surface area contributed by atoms with Gasteiger partial charge in [0.2, 0.25) is 11.8 Å². The van der Waals surface area contributed by atoms with Crippen LogP contribution in [0.3, 0.4) is 0 Å². The van der Waals surface area contributed by atoms with E-state index in [9.17, 15) is 9.59 Å². The second-order valence-corrected chi connectivity index (χ2v) is 6.95. The summed E-state index contributed by atoms with van der Waals surface area (Å²) in [6, 6.07) is 15.4. The summed E-state index contributed by atoms with van der Waals surface area (Å²) in [5, 5.41) is 6.28. The van der Waals surface area contributed by atoms with Crippen molar-refractivity contribution in [1.82, 2.24) is 10.2 Å². The summed E-state index contributed by atoms with van der Waals surface area (Å²) in [4.78, 5) is 26.9. The van der Waals surface area contributed by atoms with Crippen molar-refractivity contribution in [2.24, 2.45) is 5.92 Å². The van der Waals surface area contributed by atoms with Crippen molar-refractivity contribution >= 4 is 29.9 Å². The molecule has 1 heterocycles. The Kier molecular flexibility index (Phi) is 8.49. The minimum absolute atomic E-state index is 0. The van der Waals surface area contributed by atoms with Crippen LogP contribution in [0, 0.1) is 5.92 Å². The highest BCUT2D eigenvalue weighted by Crippen LogP contribution is 2.24. The average molecular weight is 418 g/mol. The Labute approximate surface area is 178 Å². The molecule has 0 spiro atoms. The van der Waals surface area contributed by atoms with Gasteiger partial charge in [-0.2, -0.15) is 0 Å². The topological polar surface area (TPSA) is 70.7 Å².